The molecule has 22 heavy (non-hydrogen) atoms. The van der Waals surface area contributed by atoms with Crippen molar-refractivity contribution in [3.63, 3.8) is 0 Å². The summed E-state index contributed by atoms with van der Waals surface area (Å²) in [7, 11) is 1.71. The molecule has 2 aromatic rings. The van der Waals surface area contributed by atoms with Crippen LogP contribution in [-0.2, 0) is 0 Å². The number of aromatic nitrogens is 2. The summed E-state index contributed by atoms with van der Waals surface area (Å²) in [4.78, 5) is 9.76. The highest BCUT2D eigenvalue weighted by Crippen LogP contribution is 2.30. The molecule has 1 atom stereocenters. The summed E-state index contributed by atoms with van der Waals surface area (Å²) in [5, 5.41) is 10.3. The smallest absolute Gasteiger partial charge is 0.183 e. The topological polar surface area (TPSA) is 75.3 Å². The predicted molar refractivity (Wildman–Crippen MR) is 85.6 cm³/mol. The molecule has 0 radical (unpaired) electrons. The van der Waals surface area contributed by atoms with Gasteiger partial charge in [-0.2, -0.15) is 0 Å². The van der Waals surface area contributed by atoms with E-state index < -0.39 is 5.82 Å². The van der Waals surface area contributed by atoms with Crippen LogP contribution in [0.25, 0.3) is 11.4 Å². The lowest BCUT2D eigenvalue weighted by atomic mass is 10.2. The molecule has 0 spiro atoms. The van der Waals surface area contributed by atoms with Crippen molar-refractivity contribution in [3.05, 3.63) is 35.2 Å². The van der Waals surface area contributed by atoms with Crippen LogP contribution in [0.5, 0.6) is 5.75 Å². The van der Waals surface area contributed by atoms with Gasteiger partial charge in [-0.05, 0) is 24.6 Å². The lowest BCUT2D eigenvalue weighted by molar-refractivity contribution is 0.476. The fourth-order valence-electron chi connectivity index (χ4n) is 2.01. The molecule has 0 saturated heterocycles. The molecule has 0 aliphatic heterocycles. The van der Waals surface area contributed by atoms with Gasteiger partial charge in [-0.15, -0.1) is 0 Å². The van der Waals surface area contributed by atoms with Gasteiger partial charge in [0.05, 0.1) is 11.8 Å². The number of benzene rings is 1. The Morgan fingerprint density at radius 1 is 1.45 bits per heavy atom. The number of rotatable bonds is 5. The molecule has 0 bridgehead atoms. The average Bonchev–Trinajstić information content (AvgIpc) is 2.50. The van der Waals surface area contributed by atoms with Crippen molar-refractivity contribution in [1.29, 1.82) is 0 Å². The Morgan fingerprint density at radius 3 is 2.86 bits per heavy atom. The molecule has 0 aliphatic carbocycles. The Labute approximate surface area is 133 Å². The normalized spacial score (nSPS) is 12.2. The number of anilines is 1. The zero-order chi connectivity index (χ0) is 16.3. The lowest BCUT2D eigenvalue weighted by Gasteiger charge is -2.22. The third-order valence-electron chi connectivity index (χ3n) is 3.32. The van der Waals surface area contributed by atoms with Crippen LogP contribution in [-0.4, -0.2) is 34.7 Å². The van der Waals surface area contributed by atoms with Crippen molar-refractivity contribution in [1.82, 2.24) is 9.97 Å². The summed E-state index contributed by atoms with van der Waals surface area (Å²) in [6.07, 6.45) is 1.85. The van der Waals surface area contributed by atoms with Gasteiger partial charge in [-0.25, -0.2) is 14.4 Å². The molecule has 1 heterocycles. The number of phenols is 1. The van der Waals surface area contributed by atoms with E-state index in [-0.39, 0.29) is 23.4 Å². The lowest BCUT2D eigenvalue weighted by Crippen LogP contribution is -2.35. The molecule has 2 rings (SSSR count). The first-order chi connectivity index (χ1) is 10.4. The van der Waals surface area contributed by atoms with E-state index in [0.29, 0.717) is 17.1 Å². The Balaban J connectivity index is 2.40. The molecule has 0 unspecified atom stereocenters. The predicted octanol–water partition coefficient (Wildman–Crippen LogP) is 2.82. The highest BCUT2D eigenvalue weighted by molar-refractivity contribution is 6.30. The van der Waals surface area contributed by atoms with E-state index in [2.05, 4.69) is 9.97 Å². The highest BCUT2D eigenvalue weighted by atomic mass is 35.5. The van der Waals surface area contributed by atoms with Crippen LogP contribution in [0.3, 0.4) is 0 Å². The van der Waals surface area contributed by atoms with Crippen molar-refractivity contribution in [3.8, 4) is 17.1 Å². The number of likely N-dealkylation sites (N-methyl/N-ethyl adjacent to an activating group) is 1. The van der Waals surface area contributed by atoms with Crippen molar-refractivity contribution >= 4 is 17.4 Å². The maximum atomic E-state index is 14.0. The van der Waals surface area contributed by atoms with Crippen molar-refractivity contribution in [2.45, 2.75) is 19.4 Å². The summed E-state index contributed by atoms with van der Waals surface area (Å²) in [5.41, 5.74) is 6.24. The first-order valence-electron chi connectivity index (χ1n) is 6.90. The summed E-state index contributed by atoms with van der Waals surface area (Å²) in [6, 6.07) is 4.45. The minimum absolute atomic E-state index is 0.0186. The van der Waals surface area contributed by atoms with Crippen molar-refractivity contribution in [2.75, 3.05) is 18.5 Å². The monoisotopic (exact) mass is 324 g/mol. The fraction of sp³-hybridized carbons (Fsp3) is 0.333. The number of phenolic OH excluding ortho intramolecular Hbond substituents is 1. The second-order valence-corrected chi connectivity index (χ2v) is 5.51. The number of halogens is 2. The third-order valence-corrected chi connectivity index (χ3v) is 3.55. The van der Waals surface area contributed by atoms with Crippen LogP contribution < -0.4 is 10.6 Å². The van der Waals surface area contributed by atoms with Gasteiger partial charge >= 0.3 is 0 Å². The fourth-order valence-corrected chi connectivity index (χ4v) is 2.18. The second-order valence-electron chi connectivity index (χ2n) is 5.08. The second kappa shape index (κ2) is 6.89. The first-order valence-corrected chi connectivity index (χ1v) is 7.28. The Morgan fingerprint density at radius 2 is 2.18 bits per heavy atom. The summed E-state index contributed by atoms with van der Waals surface area (Å²) in [5.74, 6) is -0.229. The molecule has 1 aromatic heterocycles. The van der Waals surface area contributed by atoms with Crippen LogP contribution in [0.15, 0.2) is 24.4 Å². The number of nitrogens with two attached hydrogens (primary N) is 1. The summed E-state index contributed by atoms with van der Waals surface area (Å²) >= 11 is 5.92. The zero-order valence-electron chi connectivity index (χ0n) is 12.4. The standard InChI is InChI=1S/C15H18ClFN4O/c1-3-10(18)8-21(2)15-12(17)7-19-14(20-15)11-6-9(16)4-5-13(11)22/h4-7,10,22H,3,8,18H2,1-2H3/t10-/m1/s1. The molecule has 0 saturated carbocycles. The quantitative estimate of drug-likeness (QED) is 0.884. The van der Waals surface area contributed by atoms with Gasteiger partial charge in [0, 0.05) is 24.7 Å². The van der Waals surface area contributed by atoms with Gasteiger partial charge in [-0.1, -0.05) is 18.5 Å². The maximum Gasteiger partial charge on any atom is 0.183 e. The summed E-state index contributed by atoms with van der Waals surface area (Å²) < 4.78 is 14.0. The van der Waals surface area contributed by atoms with E-state index in [1.54, 1.807) is 18.0 Å². The number of hydrogen-bond donors (Lipinski definition) is 2. The average molecular weight is 325 g/mol. The number of hydrogen-bond acceptors (Lipinski definition) is 5. The van der Waals surface area contributed by atoms with E-state index >= 15 is 0 Å². The third kappa shape index (κ3) is 3.64. The molecular formula is C15H18ClFN4O. The van der Waals surface area contributed by atoms with Crippen molar-refractivity contribution in [2.24, 2.45) is 5.73 Å². The van der Waals surface area contributed by atoms with Gasteiger partial charge in [0.15, 0.2) is 17.5 Å². The molecule has 0 aliphatic rings. The van der Waals surface area contributed by atoms with Crippen LogP contribution in [0, 0.1) is 5.82 Å². The summed E-state index contributed by atoms with van der Waals surface area (Å²) in [6.45, 7) is 2.43. The Bertz CT molecular complexity index is 668. The number of nitrogens with zero attached hydrogens (tertiary/aromatic N) is 3. The molecule has 5 nitrogen and oxygen atoms in total. The minimum atomic E-state index is -0.545. The Kier molecular flexibility index (Phi) is 5.15. The van der Waals surface area contributed by atoms with Crippen molar-refractivity contribution < 1.29 is 9.50 Å². The van der Waals surface area contributed by atoms with Crippen LogP contribution in [0.2, 0.25) is 5.02 Å². The van der Waals surface area contributed by atoms with Crippen LogP contribution in [0.4, 0.5) is 10.2 Å². The zero-order valence-corrected chi connectivity index (χ0v) is 13.2. The molecule has 3 N–H and O–H groups in total. The molecule has 0 fully saturated rings. The SMILES string of the molecule is CC[C@@H](N)CN(C)c1nc(-c2cc(Cl)ccc2O)ncc1F. The van der Waals surface area contributed by atoms with E-state index in [0.717, 1.165) is 12.6 Å². The van der Waals surface area contributed by atoms with Gasteiger partial charge in [0.2, 0.25) is 0 Å². The van der Waals surface area contributed by atoms with Gasteiger partial charge in [0.1, 0.15) is 5.75 Å². The molecular weight excluding hydrogens is 307 g/mol. The minimum Gasteiger partial charge on any atom is -0.507 e. The van der Waals surface area contributed by atoms with Crippen LogP contribution in [0.1, 0.15) is 13.3 Å². The first kappa shape index (κ1) is 16.5. The van der Waals surface area contributed by atoms with Gasteiger partial charge < -0.3 is 15.7 Å². The highest BCUT2D eigenvalue weighted by Gasteiger charge is 2.16. The van der Waals surface area contributed by atoms with Crippen LogP contribution >= 0.6 is 11.6 Å². The molecule has 1 aromatic carbocycles. The van der Waals surface area contributed by atoms with E-state index in [1.807, 2.05) is 6.92 Å². The molecule has 7 heteroatoms. The van der Waals surface area contributed by atoms with Gasteiger partial charge in [-0.3, -0.25) is 0 Å². The van der Waals surface area contributed by atoms with E-state index in [9.17, 15) is 9.50 Å². The van der Waals surface area contributed by atoms with E-state index in [1.165, 1.54) is 12.1 Å². The van der Waals surface area contributed by atoms with Gasteiger partial charge in [0.25, 0.3) is 0 Å². The number of aromatic hydroxyl groups is 1. The Hall–Kier alpha value is -1.92. The maximum absolute atomic E-state index is 14.0. The largest absolute Gasteiger partial charge is 0.507 e. The molecule has 0 amide bonds. The van der Waals surface area contributed by atoms with E-state index in [4.69, 9.17) is 17.3 Å². The molecule has 118 valence electrons.